The van der Waals surface area contributed by atoms with E-state index in [9.17, 15) is 4.79 Å². The van der Waals surface area contributed by atoms with Crippen molar-refractivity contribution in [2.45, 2.75) is 0 Å². The van der Waals surface area contributed by atoms with E-state index in [1.165, 1.54) is 13.3 Å². The second kappa shape index (κ2) is 4.57. The standard InChI is InChI=1S/C11H11N3O2/c1-16-12-7-9-10(13-14-11(9)15)8-5-3-2-4-6-8/h2-7,9H,1H3,(H,14,15)/b12-7+. The molecule has 0 saturated heterocycles. The minimum absolute atomic E-state index is 0.195. The van der Waals surface area contributed by atoms with Crippen molar-refractivity contribution in [1.82, 2.24) is 5.43 Å². The molecule has 82 valence electrons. The fraction of sp³-hybridized carbons (Fsp3) is 0.182. The van der Waals surface area contributed by atoms with Crippen LogP contribution < -0.4 is 5.43 Å². The van der Waals surface area contributed by atoms with Gasteiger partial charge in [-0.1, -0.05) is 35.5 Å². The molecule has 5 nitrogen and oxygen atoms in total. The highest BCUT2D eigenvalue weighted by Crippen LogP contribution is 2.13. The second-order valence-electron chi connectivity index (χ2n) is 3.25. The average molecular weight is 217 g/mol. The van der Waals surface area contributed by atoms with Gasteiger partial charge in [0.05, 0.1) is 11.9 Å². The van der Waals surface area contributed by atoms with Crippen LogP contribution >= 0.6 is 0 Å². The fourth-order valence-corrected chi connectivity index (χ4v) is 1.49. The van der Waals surface area contributed by atoms with Gasteiger partial charge in [-0.2, -0.15) is 5.10 Å². The van der Waals surface area contributed by atoms with Crippen LogP contribution in [0.2, 0.25) is 0 Å². The summed E-state index contributed by atoms with van der Waals surface area (Å²) in [4.78, 5) is 16.1. The van der Waals surface area contributed by atoms with E-state index >= 15 is 0 Å². The predicted molar refractivity (Wildman–Crippen MR) is 60.1 cm³/mol. The van der Waals surface area contributed by atoms with Crippen molar-refractivity contribution in [3.05, 3.63) is 35.9 Å². The van der Waals surface area contributed by atoms with Crippen LogP contribution in [0.4, 0.5) is 0 Å². The molecule has 1 aliphatic heterocycles. The summed E-state index contributed by atoms with van der Waals surface area (Å²) in [5.41, 5.74) is 3.98. The first-order valence-corrected chi connectivity index (χ1v) is 4.82. The summed E-state index contributed by atoms with van der Waals surface area (Å²) in [6.07, 6.45) is 1.44. The average Bonchev–Trinajstić information content (AvgIpc) is 2.69. The minimum atomic E-state index is -0.484. The summed E-state index contributed by atoms with van der Waals surface area (Å²) in [5.74, 6) is -0.679. The molecule has 16 heavy (non-hydrogen) atoms. The van der Waals surface area contributed by atoms with Crippen molar-refractivity contribution < 1.29 is 9.63 Å². The van der Waals surface area contributed by atoms with Crippen LogP contribution in [0.15, 0.2) is 40.6 Å². The Bertz CT molecular complexity index is 440. The number of hydrogen-bond acceptors (Lipinski definition) is 4. The van der Waals surface area contributed by atoms with Gasteiger partial charge in [-0.25, -0.2) is 5.43 Å². The summed E-state index contributed by atoms with van der Waals surface area (Å²) in [6, 6.07) is 9.49. The number of hydrazone groups is 1. The molecule has 0 radical (unpaired) electrons. The molecule has 1 unspecified atom stereocenters. The summed E-state index contributed by atoms with van der Waals surface area (Å²) in [7, 11) is 1.43. The molecular weight excluding hydrogens is 206 g/mol. The lowest BCUT2D eigenvalue weighted by Gasteiger charge is -2.04. The molecule has 1 aliphatic rings. The highest BCUT2D eigenvalue weighted by atomic mass is 16.6. The van der Waals surface area contributed by atoms with Gasteiger partial charge in [0.25, 0.3) is 5.91 Å². The van der Waals surface area contributed by atoms with Gasteiger partial charge in [0.15, 0.2) is 0 Å². The third-order valence-electron chi connectivity index (χ3n) is 2.25. The van der Waals surface area contributed by atoms with E-state index in [-0.39, 0.29) is 5.91 Å². The molecule has 5 heteroatoms. The number of nitrogens with one attached hydrogen (secondary N) is 1. The van der Waals surface area contributed by atoms with E-state index in [0.29, 0.717) is 5.71 Å². The van der Waals surface area contributed by atoms with Gasteiger partial charge in [-0.15, -0.1) is 0 Å². The number of oxime groups is 1. The van der Waals surface area contributed by atoms with Gasteiger partial charge in [0.1, 0.15) is 13.0 Å². The maximum atomic E-state index is 11.5. The van der Waals surface area contributed by atoms with Gasteiger partial charge in [-0.05, 0) is 5.56 Å². The first-order valence-electron chi connectivity index (χ1n) is 4.82. The number of rotatable bonds is 3. The van der Waals surface area contributed by atoms with E-state index in [2.05, 4.69) is 20.5 Å². The van der Waals surface area contributed by atoms with Crippen molar-refractivity contribution in [3.8, 4) is 0 Å². The summed E-state index contributed by atoms with van der Waals surface area (Å²) >= 11 is 0. The molecule has 0 fully saturated rings. The van der Waals surface area contributed by atoms with Crippen molar-refractivity contribution in [2.24, 2.45) is 16.2 Å². The molecule has 2 rings (SSSR count). The molecular formula is C11H11N3O2. The lowest BCUT2D eigenvalue weighted by Crippen LogP contribution is -2.24. The Morgan fingerprint density at radius 2 is 2.19 bits per heavy atom. The maximum absolute atomic E-state index is 11.5. The predicted octanol–water partition coefficient (Wildman–Crippen LogP) is 0.769. The first-order chi connectivity index (χ1) is 7.83. The molecule has 1 aromatic carbocycles. The molecule has 1 amide bonds. The van der Waals surface area contributed by atoms with E-state index in [1.807, 2.05) is 30.3 Å². The summed E-state index contributed by atoms with van der Waals surface area (Å²) in [6.45, 7) is 0. The Morgan fingerprint density at radius 1 is 1.44 bits per heavy atom. The van der Waals surface area contributed by atoms with Crippen LogP contribution in [0.25, 0.3) is 0 Å². The van der Waals surface area contributed by atoms with Gasteiger partial charge in [-0.3, -0.25) is 4.79 Å². The van der Waals surface area contributed by atoms with E-state index in [1.54, 1.807) is 0 Å². The van der Waals surface area contributed by atoms with Crippen LogP contribution in [0.1, 0.15) is 5.56 Å². The number of carbonyl (C=O) groups excluding carboxylic acids is 1. The zero-order valence-electron chi connectivity index (χ0n) is 8.75. The highest BCUT2D eigenvalue weighted by molar-refractivity contribution is 6.24. The van der Waals surface area contributed by atoms with Crippen LogP contribution in [0.3, 0.4) is 0 Å². The van der Waals surface area contributed by atoms with Crippen molar-refractivity contribution >= 4 is 17.8 Å². The van der Waals surface area contributed by atoms with Crippen LogP contribution in [0, 0.1) is 5.92 Å². The SMILES string of the molecule is CO/N=C/C1C(=O)NN=C1c1ccccc1. The van der Waals surface area contributed by atoms with Gasteiger partial charge in [0.2, 0.25) is 0 Å². The second-order valence-corrected chi connectivity index (χ2v) is 3.25. The zero-order valence-corrected chi connectivity index (χ0v) is 8.75. The Balaban J connectivity index is 2.27. The first kappa shape index (κ1) is 10.4. The van der Waals surface area contributed by atoms with E-state index in [0.717, 1.165) is 5.56 Å². The number of nitrogens with zero attached hydrogens (tertiary/aromatic N) is 2. The number of carbonyl (C=O) groups is 1. The lowest BCUT2D eigenvalue weighted by atomic mass is 9.98. The lowest BCUT2D eigenvalue weighted by molar-refractivity contribution is -0.120. The van der Waals surface area contributed by atoms with Gasteiger partial charge >= 0.3 is 0 Å². The largest absolute Gasteiger partial charge is 0.399 e. The smallest absolute Gasteiger partial charge is 0.254 e. The van der Waals surface area contributed by atoms with E-state index < -0.39 is 5.92 Å². The quantitative estimate of drug-likeness (QED) is 0.600. The van der Waals surface area contributed by atoms with Crippen LogP contribution in [-0.2, 0) is 9.63 Å². The number of amides is 1. The Morgan fingerprint density at radius 3 is 2.88 bits per heavy atom. The van der Waals surface area contributed by atoms with E-state index in [4.69, 9.17) is 0 Å². The molecule has 1 N–H and O–H groups in total. The number of benzene rings is 1. The van der Waals surface area contributed by atoms with Crippen LogP contribution in [-0.4, -0.2) is 24.9 Å². The Kier molecular flexibility index (Phi) is 2.95. The minimum Gasteiger partial charge on any atom is -0.399 e. The topological polar surface area (TPSA) is 63.0 Å². The molecule has 1 atom stereocenters. The third kappa shape index (κ3) is 1.93. The monoisotopic (exact) mass is 217 g/mol. The molecule has 0 bridgehead atoms. The Hall–Kier alpha value is -2.17. The fourth-order valence-electron chi connectivity index (χ4n) is 1.49. The summed E-state index contributed by atoms with van der Waals surface area (Å²) < 4.78 is 0. The number of hydrogen-bond donors (Lipinski definition) is 1. The van der Waals surface area contributed by atoms with Gasteiger partial charge < -0.3 is 4.84 Å². The summed E-state index contributed by atoms with van der Waals surface area (Å²) in [5, 5.41) is 7.60. The molecule has 0 aromatic heterocycles. The molecule has 1 heterocycles. The molecule has 0 saturated carbocycles. The third-order valence-corrected chi connectivity index (χ3v) is 2.25. The van der Waals surface area contributed by atoms with Gasteiger partial charge in [0, 0.05) is 0 Å². The molecule has 1 aromatic rings. The molecule has 0 aliphatic carbocycles. The highest BCUT2D eigenvalue weighted by Gasteiger charge is 2.29. The molecule has 0 spiro atoms. The normalized spacial score (nSPS) is 19.7. The Labute approximate surface area is 92.8 Å². The maximum Gasteiger partial charge on any atom is 0.254 e. The van der Waals surface area contributed by atoms with Crippen molar-refractivity contribution in [2.75, 3.05) is 7.11 Å². The zero-order chi connectivity index (χ0) is 11.4. The van der Waals surface area contributed by atoms with Crippen molar-refractivity contribution in [3.63, 3.8) is 0 Å². The van der Waals surface area contributed by atoms with Crippen LogP contribution in [0.5, 0.6) is 0 Å². The van der Waals surface area contributed by atoms with Crippen molar-refractivity contribution in [1.29, 1.82) is 0 Å².